The molecule has 23 heavy (non-hydrogen) atoms. The van der Waals surface area contributed by atoms with Gasteiger partial charge in [-0.3, -0.25) is 14.5 Å². The number of nitrogens with zero attached hydrogens (tertiary/aromatic N) is 3. The first-order valence-electron chi connectivity index (χ1n) is 7.50. The van der Waals surface area contributed by atoms with Crippen LogP contribution in [0.15, 0.2) is 67.3 Å². The van der Waals surface area contributed by atoms with Crippen LogP contribution in [-0.2, 0) is 11.3 Å². The Morgan fingerprint density at radius 2 is 1.96 bits per heavy atom. The Balaban J connectivity index is 1.60. The van der Waals surface area contributed by atoms with Gasteiger partial charge in [0.25, 0.3) is 0 Å². The molecular formula is C18H18N4O. The molecule has 0 unspecified atom stereocenters. The summed E-state index contributed by atoms with van der Waals surface area (Å²) in [5.74, 6) is -0.0509. The fourth-order valence-electron chi connectivity index (χ4n) is 2.32. The van der Waals surface area contributed by atoms with E-state index in [-0.39, 0.29) is 11.9 Å². The Kier molecular flexibility index (Phi) is 4.47. The van der Waals surface area contributed by atoms with Gasteiger partial charge in [0.15, 0.2) is 0 Å². The molecule has 0 saturated carbocycles. The highest BCUT2D eigenvalue weighted by Crippen LogP contribution is 2.18. The van der Waals surface area contributed by atoms with Crippen LogP contribution in [0.1, 0.15) is 18.5 Å². The largest absolute Gasteiger partial charge is 0.350 e. The summed E-state index contributed by atoms with van der Waals surface area (Å²) in [7, 11) is 0. The van der Waals surface area contributed by atoms with Gasteiger partial charge in [0.2, 0.25) is 5.91 Å². The minimum absolute atomic E-state index is 0.0509. The molecular weight excluding hydrogens is 288 g/mol. The average molecular weight is 306 g/mol. The number of rotatable bonds is 5. The molecule has 5 heteroatoms. The van der Waals surface area contributed by atoms with Crippen molar-refractivity contribution in [3.05, 3.63) is 72.8 Å². The standard InChI is InChI=1S/C18H18N4O/c1-14(22-11-3-10-21-22)18(23)20-12-15-5-7-16(8-6-15)17-4-2-9-19-13-17/h2-11,13-14H,12H2,1H3,(H,20,23)/t14-/m1/s1. The lowest BCUT2D eigenvalue weighted by Crippen LogP contribution is -2.30. The number of aromatic nitrogens is 3. The molecule has 0 fully saturated rings. The lowest BCUT2D eigenvalue weighted by molar-refractivity contribution is -0.124. The molecule has 0 aliphatic rings. The molecule has 2 heterocycles. The van der Waals surface area contributed by atoms with Crippen LogP contribution >= 0.6 is 0 Å². The number of carbonyl (C=O) groups is 1. The van der Waals surface area contributed by atoms with Gasteiger partial charge in [-0.25, -0.2) is 0 Å². The topological polar surface area (TPSA) is 59.8 Å². The second-order valence-electron chi connectivity index (χ2n) is 5.32. The van der Waals surface area contributed by atoms with Crippen LogP contribution in [0.25, 0.3) is 11.1 Å². The zero-order valence-corrected chi connectivity index (χ0v) is 12.9. The summed E-state index contributed by atoms with van der Waals surface area (Å²) >= 11 is 0. The van der Waals surface area contributed by atoms with E-state index in [4.69, 9.17) is 0 Å². The van der Waals surface area contributed by atoms with Crippen molar-refractivity contribution in [1.29, 1.82) is 0 Å². The average Bonchev–Trinajstić information content (AvgIpc) is 3.15. The normalized spacial score (nSPS) is 11.9. The summed E-state index contributed by atoms with van der Waals surface area (Å²) in [6.07, 6.45) is 7.05. The van der Waals surface area contributed by atoms with Gasteiger partial charge in [0, 0.05) is 31.3 Å². The fraction of sp³-hybridized carbons (Fsp3) is 0.167. The SMILES string of the molecule is C[C@H](C(=O)NCc1ccc(-c2cccnc2)cc1)n1cccn1. The fourth-order valence-corrected chi connectivity index (χ4v) is 2.32. The number of hydrogen-bond donors (Lipinski definition) is 1. The van der Waals surface area contributed by atoms with Crippen molar-refractivity contribution in [3.8, 4) is 11.1 Å². The lowest BCUT2D eigenvalue weighted by atomic mass is 10.1. The van der Waals surface area contributed by atoms with Gasteiger partial charge in [-0.2, -0.15) is 5.10 Å². The van der Waals surface area contributed by atoms with Crippen molar-refractivity contribution in [1.82, 2.24) is 20.1 Å². The molecule has 0 spiro atoms. The van der Waals surface area contributed by atoms with Crippen molar-refractivity contribution in [2.24, 2.45) is 0 Å². The zero-order chi connectivity index (χ0) is 16.1. The van der Waals surface area contributed by atoms with Gasteiger partial charge in [-0.15, -0.1) is 0 Å². The van der Waals surface area contributed by atoms with Crippen LogP contribution in [0.3, 0.4) is 0 Å². The first-order valence-corrected chi connectivity index (χ1v) is 7.50. The lowest BCUT2D eigenvalue weighted by Gasteiger charge is -2.13. The number of pyridine rings is 1. The Bertz CT molecular complexity index is 751. The number of benzene rings is 1. The summed E-state index contributed by atoms with van der Waals surface area (Å²) in [4.78, 5) is 16.2. The van der Waals surface area contributed by atoms with Gasteiger partial charge in [-0.05, 0) is 35.7 Å². The van der Waals surface area contributed by atoms with E-state index in [1.807, 2.05) is 49.5 Å². The van der Waals surface area contributed by atoms with E-state index in [2.05, 4.69) is 15.4 Å². The van der Waals surface area contributed by atoms with E-state index in [9.17, 15) is 4.79 Å². The first-order chi connectivity index (χ1) is 11.2. The second-order valence-corrected chi connectivity index (χ2v) is 5.32. The Morgan fingerprint density at radius 3 is 2.61 bits per heavy atom. The number of nitrogens with one attached hydrogen (secondary N) is 1. The van der Waals surface area contributed by atoms with E-state index in [0.29, 0.717) is 6.54 Å². The van der Waals surface area contributed by atoms with E-state index in [1.165, 1.54) is 0 Å². The van der Waals surface area contributed by atoms with E-state index >= 15 is 0 Å². The van der Waals surface area contributed by atoms with Crippen molar-refractivity contribution in [2.75, 3.05) is 0 Å². The number of amides is 1. The van der Waals surface area contributed by atoms with Crippen LogP contribution in [0, 0.1) is 0 Å². The maximum Gasteiger partial charge on any atom is 0.244 e. The second kappa shape index (κ2) is 6.87. The minimum Gasteiger partial charge on any atom is -0.350 e. The molecule has 0 aliphatic heterocycles. The van der Waals surface area contributed by atoms with Crippen LogP contribution in [0.2, 0.25) is 0 Å². The van der Waals surface area contributed by atoms with Gasteiger partial charge < -0.3 is 5.32 Å². The van der Waals surface area contributed by atoms with Crippen molar-refractivity contribution >= 4 is 5.91 Å². The highest BCUT2D eigenvalue weighted by atomic mass is 16.2. The molecule has 0 radical (unpaired) electrons. The summed E-state index contributed by atoms with van der Waals surface area (Å²) in [5.41, 5.74) is 3.24. The number of hydrogen-bond acceptors (Lipinski definition) is 3. The molecule has 1 aromatic carbocycles. The Morgan fingerprint density at radius 1 is 1.13 bits per heavy atom. The molecule has 1 N–H and O–H groups in total. The molecule has 3 rings (SSSR count). The summed E-state index contributed by atoms with van der Waals surface area (Å²) in [6, 6.07) is 13.5. The highest BCUT2D eigenvalue weighted by Gasteiger charge is 2.14. The van der Waals surface area contributed by atoms with E-state index < -0.39 is 0 Å². The van der Waals surface area contributed by atoms with Crippen LogP contribution in [0.4, 0.5) is 0 Å². The first kappa shape index (κ1) is 15.0. The predicted octanol–water partition coefficient (Wildman–Crippen LogP) is 2.82. The highest BCUT2D eigenvalue weighted by molar-refractivity contribution is 5.79. The van der Waals surface area contributed by atoms with Crippen LogP contribution in [0.5, 0.6) is 0 Å². The van der Waals surface area contributed by atoms with Gasteiger partial charge in [0.1, 0.15) is 6.04 Å². The molecule has 3 aromatic rings. The maximum atomic E-state index is 12.1. The Labute approximate surface area is 135 Å². The van der Waals surface area contributed by atoms with Crippen molar-refractivity contribution < 1.29 is 4.79 Å². The summed E-state index contributed by atoms with van der Waals surface area (Å²) in [5, 5.41) is 7.02. The third-order valence-electron chi connectivity index (χ3n) is 3.72. The predicted molar refractivity (Wildman–Crippen MR) is 88.5 cm³/mol. The van der Waals surface area contributed by atoms with Crippen LogP contribution in [-0.4, -0.2) is 20.7 Å². The van der Waals surface area contributed by atoms with Gasteiger partial charge >= 0.3 is 0 Å². The molecule has 0 bridgehead atoms. The molecule has 0 aliphatic carbocycles. The van der Waals surface area contributed by atoms with Crippen molar-refractivity contribution in [2.45, 2.75) is 19.5 Å². The monoisotopic (exact) mass is 306 g/mol. The minimum atomic E-state index is -0.320. The summed E-state index contributed by atoms with van der Waals surface area (Å²) < 4.78 is 1.64. The third kappa shape index (κ3) is 3.63. The van der Waals surface area contributed by atoms with Crippen LogP contribution < -0.4 is 5.32 Å². The summed E-state index contributed by atoms with van der Waals surface area (Å²) in [6.45, 7) is 2.32. The third-order valence-corrected chi connectivity index (χ3v) is 3.72. The van der Waals surface area contributed by atoms with Gasteiger partial charge in [-0.1, -0.05) is 30.3 Å². The Hall–Kier alpha value is -2.95. The number of carbonyl (C=O) groups excluding carboxylic acids is 1. The molecule has 5 nitrogen and oxygen atoms in total. The molecule has 0 saturated heterocycles. The van der Waals surface area contributed by atoms with Gasteiger partial charge in [0.05, 0.1) is 0 Å². The van der Waals surface area contributed by atoms with E-state index in [1.54, 1.807) is 29.3 Å². The quantitative estimate of drug-likeness (QED) is 0.788. The molecule has 1 amide bonds. The smallest absolute Gasteiger partial charge is 0.244 e. The zero-order valence-electron chi connectivity index (χ0n) is 12.9. The molecule has 116 valence electrons. The molecule has 1 atom stereocenters. The van der Waals surface area contributed by atoms with Crippen molar-refractivity contribution in [3.63, 3.8) is 0 Å². The van der Waals surface area contributed by atoms with E-state index in [0.717, 1.165) is 16.7 Å². The molecule has 2 aromatic heterocycles. The maximum absolute atomic E-state index is 12.1.